The quantitative estimate of drug-likeness (QED) is 0.276. The Labute approximate surface area is 239 Å². The maximum Gasteiger partial charge on any atom is 0.306 e. The number of methoxy groups -OCH3 is 1. The van der Waals surface area contributed by atoms with Crippen LogP contribution in [-0.4, -0.2) is 30.4 Å². The van der Waals surface area contributed by atoms with E-state index in [0.717, 1.165) is 29.5 Å². The van der Waals surface area contributed by atoms with Gasteiger partial charge in [0.1, 0.15) is 41.0 Å². The van der Waals surface area contributed by atoms with Crippen LogP contribution in [0.3, 0.4) is 0 Å². The highest BCUT2D eigenvalue weighted by atomic mass is 19.1. The molecular formula is C33H34FNO6. The van der Waals surface area contributed by atoms with Gasteiger partial charge in [0.05, 0.1) is 31.3 Å². The molecule has 0 radical (unpaired) electrons. The molecule has 2 aliphatic rings. The van der Waals surface area contributed by atoms with Crippen molar-refractivity contribution in [3.05, 3.63) is 82.2 Å². The molecule has 1 N–H and O–H groups in total. The molecule has 3 aromatic rings. The highest BCUT2D eigenvalue weighted by Crippen LogP contribution is 2.44. The van der Waals surface area contributed by atoms with E-state index in [0.29, 0.717) is 60.0 Å². The number of hydrogen-bond acceptors (Lipinski definition) is 7. The number of aliphatic hydroxyl groups is 1. The summed E-state index contributed by atoms with van der Waals surface area (Å²) in [6.45, 7) is 3.96. The van der Waals surface area contributed by atoms with Gasteiger partial charge in [0, 0.05) is 28.7 Å². The van der Waals surface area contributed by atoms with Crippen molar-refractivity contribution in [2.75, 3.05) is 13.7 Å². The zero-order chi connectivity index (χ0) is 29.1. The number of ether oxygens (including phenoxy) is 4. The number of esters is 1. The molecule has 7 nitrogen and oxygen atoms in total. The van der Waals surface area contributed by atoms with Gasteiger partial charge in [-0.1, -0.05) is 12.1 Å². The van der Waals surface area contributed by atoms with E-state index in [9.17, 15) is 15.2 Å². The van der Waals surface area contributed by atoms with Gasteiger partial charge in [-0.15, -0.1) is 0 Å². The molecule has 8 heteroatoms. The molecule has 3 aromatic carbocycles. The van der Waals surface area contributed by atoms with Crippen LogP contribution in [0.2, 0.25) is 0 Å². The van der Waals surface area contributed by atoms with Crippen molar-refractivity contribution in [1.29, 1.82) is 5.26 Å². The van der Waals surface area contributed by atoms with E-state index in [1.165, 1.54) is 13.2 Å². The van der Waals surface area contributed by atoms with Crippen LogP contribution >= 0.6 is 0 Å². The van der Waals surface area contributed by atoms with Crippen molar-refractivity contribution < 1.29 is 33.2 Å². The van der Waals surface area contributed by atoms with Gasteiger partial charge in [-0.05, 0) is 81.8 Å². The van der Waals surface area contributed by atoms with E-state index < -0.39 is 11.7 Å². The van der Waals surface area contributed by atoms with Gasteiger partial charge in [-0.25, -0.2) is 4.39 Å². The highest BCUT2D eigenvalue weighted by molar-refractivity contribution is 5.71. The molecule has 0 fully saturated rings. The molecule has 214 valence electrons. The van der Waals surface area contributed by atoms with Crippen molar-refractivity contribution in [3.63, 3.8) is 0 Å². The van der Waals surface area contributed by atoms with Crippen molar-refractivity contribution >= 4 is 5.97 Å². The fourth-order valence-corrected chi connectivity index (χ4v) is 5.55. The zero-order valence-corrected chi connectivity index (χ0v) is 23.5. The summed E-state index contributed by atoms with van der Waals surface area (Å²) in [5, 5.41) is 19.7. The minimum Gasteiger partial charge on any atom is -0.492 e. The van der Waals surface area contributed by atoms with Crippen LogP contribution in [0.5, 0.6) is 23.0 Å². The molecule has 0 bridgehead atoms. The van der Waals surface area contributed by atoms with Crippen molar-refractivity contribution in [2.45, 2.75) is 70.0 Å². The molecule has 0 saturated carbocycles. The number of nitrogens with zero attached hydrogens (tertiary/aromatic N) is 1. The molecule has 1 unspecified atom stereocenters. The average molecular weight is 560 g/mol. The standard InChI is InChI=1S/C33H34FNO6/c1-33(2,37)14-4-5-20-6-7-21(18-35)29(15-20)41-27-13-11-26(34)32-25(27)10-12-28(32)40-23-8-9-24-22(16-31(36)38-3)19-39-30(24)17-23/h6-9,11,13,15,17,22,28,37H,4-5,10,12,14,16,19H2,1-3H3/t22?,28-/m1/s1. The number of fused-ring (bicyclic) bond motifs is 2. The van der Waals surface area contributed by atoms with Crippen LogP contribution in [0.1, 0.15) is 79.4 Å². The van der Waals surface area contributed by atoms with Gasteiger partial charge < -0.3 is 24.1 Å². The van der Waals surface area contributed by atoms with E-state index in [2.05, 4.69) is 6.07 Å². The summed E-state index contributed by atoms with van der Waals surface area (Å²) in [6, 6.07) is 16.1. The first-order valence-electron chi connectivity index (χ1n) is 13.9. The maximum atomic E-state index is 15.2. The zero-order valence-electron chi connectivity index (χ0n) is 23.5. The Hall–Kier alpha value is -4.09. The van der Waals surface area contributed by atoms with Crippen LogP contribution in [0, 0.1) is 17.1 Å². The lowest BCUT2D eigenvalue weighted by Gasteiger charge is -2.18. The third-order valence-electron chi connectivity index (χ3n) is 7.66. The summed E-state index contributed by atoms with van der Waals surface area (Å²) in [7, 11) is 1.37. The van der Waals surface area contributed by atoms with Crippen LogP contribution in [-0.2, 0) is 22.4 Å². The largest absolute Gasteiger partial charge is 0.492 e. The number of carbonyl (C=O) groups is 1. The number of aryl methyl sites for hydroxylation is 1. The molecule has 0 saturated heterocycles. The third kappa shape index (κ3) is 6.47. The Bertz CT molecular complexity index is 1490. The molecule has 0 spiro atoms. The molecule has 5 rings (SSSR count). The Morgan fingerprint density at radius 3 is 2.76 bits per heavy atom. The second-order valence-corrected chi connectivity index (χ2v) is 11.3. The molecule has 2 atom stereocenters. The summed E-state index contributed by atoms with van der Waals surface area (Å²) in [6.07, 6.45) is 3.03. The van der Waals surface area contributed by atoms with Crippen molar-refractivity contribution in [1.82, 2.24) is 0 Å². The molecule has 1 heterocycles. The number of carbonyl (C=O) groups excluding carboxylic acids is 1. The lowest BCUT2D eigenvalue weighted by atomic mass is 9.98. The maximum absolute atomic E-state index is 15.2. The van der Waals surface area contributed by atoms with Crippen molar-refractivity contribution in [2.24, 2.45) is 0 Å². The summed E-state index contributed by atoms with van der Waals surface area (Å²) in [4.78, 5) is 11.7. The lowest BCUT2D eigenvalue weighted by Crippen LogP contribution is -2.18. The second kappa shape index (κ2) is 11.8. The SMILES string of the molecule is COC(=O)CC1COc2cc(O[C@@H]3CCc4c(Oc5cc(CCCC(C)(C)O)ccc5C#N)ccc(F)c43)ccc21. The Balaban J connectivity index is 1.33. The molecule has 41 heavy (non-hydrogen) atoms. The first-order chi connectivity index (χ1) is 19.6. The fourth-order valence-electron chi connectivity index (χ4n) is 5.55. The highest BCUT2D eigenvalue weighted by Gasteiger charge is 2.32. The predicted octanol–water partition coefficient (Wildman–Crippen LogP) is 6.69. The summed E-state index contributed by atoms with van der Waals surface area (Å²) < 4.78 is 38.2. The Kier molecular flexibility index (Phi) is 8.18. The van der Waals surface area contributed by atoms with E-state index in [1.807, 2.05) is 24.3 Å². The Morgan fingerprint density at radius 2 is 2.00 bits per heavy atom. The van der Waals surface area contributed by atoms with Crippen LogP contribution in [0.25, 0.3) is 0 Å². The van der Waals surface area contributed by atoms with Crippen molar-refractivity contribution in [3.8, 4) is 29.1 Å². The molecule has 0 aromatic heterocycles. The fraction of sp³-hybridized carbons (Fsp3) is 0.394. The van der Waals surface area contributed by atoms with Crippen LogP contribution < -0.4 is 14.2 Å². The lowest BCUT2D eigenvalue weighted by molar-refractivity contribution is -0.141. The monoisotopic (exact) mass is 559 g/mol. The number of hydrogen-bond donors (Lipinski definition) is 1. The first-order valence-corrected chi connectivity index (χ1v) is 13.9. The average Bonchev–Trinajstić information content (AvgIpc) is 3.54. The topological polar surface area (TPSA) is 98.0 Å². The van der Waals surface area contributed by atoms with Crippen LogP contribution in [0.4, 0.5) is 4.39 Å². The first kappa shape index (κ1) is 28.4. The van der Waals surface area contributed by atoms with Gasteiger partial charge in [0.25, 0.3) is 0 Å². The second-order valence-electron chi connectivity index (χ2n) is 11.3. The molecular weight excluding hydrogens is 525 g/mol. The van der Waals surface area contributed by atoms with Gasteiger partial charge >= 0.3 is 5.97 Å². The minimum absolute atomic E-state index is 0.0748. The van der Waals surface area contributed by atoms with Gasteiger partial charge in [0.2, 0.25) is 0 Å². The van der Waals surface area contributed by atoms with Gasteiger partial charge in [0.15, 0.2) is 0 Å². The number of benzene rings is 3. The smallest absolute Gasteiger partial charge is 0.306 e. The Morgan fingerprint density at radius 1 is 1.17 bits per heavy atom. The summed E-state index contributed by atoms with van der Waals surface area (Å²) in [5.41, 5.74) is 2.75. The predicted molar refractivity (Wildman–Crippen MR) is 150 cm³/mol. The number of halogens is 1. The normalized spacial score (nSPS) is 17.3. The van der Waals surface area contributed by atoms with E-state index in [4.69, 9.17) is 18.9 Å². The van der Waals surface area contributed by atoms with Gasteiger partial charge in [-0.3, -0.25) is 4.79 Å². The summed E-state index contributed by atoms with van der Waals surface area (Å²) >= 11 is 0. The molecule has 1 aliphatic heterocycles. The minimum atomic E-state index is -0.737. The summed E-state index contributed by atoms with van der Waals surface area (Å²) in [5.74, 6) is 1.39. The molecule has 0 amide bonds. The number of nitriles is 1. The van der Waals surface area contributed by atoms with E-state index >= 15 is 4.39 Å². The van der Waals surface area contributed by atoms with E-state index in [1.54, 1.807) is 32.0 Å². The van der Waals surface area contributed by atoms with Crippen LogP contribution in [0.15, 0.2) is 48.5 Å². The molecule has 1 aliphatic carbocycles. The van der Waals surface area contributed by atoms with E-state index in [-0.39, 0.29) is 24.1 Å². The third-order valence-corrected chi connectivity index (χ3v) is 7.66. The number of rotatable bonds is 10. The van der Waals surface area contributed by atoms with Gasteiger partial charge in [-0.2, -0.15) is 5.26 Å².